The molecule has 24 heavy (non-hydrogen) atoms. The van der Waals surface area contributed by atoms with Gasteiger partial charge in [0.1, 0.15) is 11.5 Å². The van der Waals surface area contributed by atoms with Crippen LogP contribution in [-0.2, 0) is 0 Å². The average Bonchev–Trinajstić information content (AvgIpc) is 2.94. The maximum absolute atomic E-state index is 12.6. The minimum atomic E-state index is -0.0264. The molecule has 3 heterocycles. The smallest absolute Gasteiger partial charge is 0.251 e. The molecule has 2 aliphatic heterocycles. The van der Waals surface area contributed by atoms with Crippen molar-refractivity contribution in [2.24, 2.45) is 0 Å². The summed E-state index contributed by atoms with van der Waals surface area (Å²) in [5.41, 5.74) is 0.632. The third-order valence-electron chi connectivity index (χ3n) is 4.79. The number of piperidine rings is 1. The average molecular weight is 323 g/mol. The molecule has 2 bridgehead atoms. The molecule has 124 valence electrons. The van der Waals surface area contributed by atoms with Gasteiger partial charge in [0.15, 0.2) is 0 Å². The number of carbonyl (C=O) groups excluding carboxylic acids is 1. The first-order valence-electron chi connectivity index (χ1n) is 8.51. The zero-order valence-electron chi connectivity index (χ0n) is 13.4. The lowest BCUT2D eigenvalue weighted by atomic mass is 9.99. The number of pyridine rings is 1. The van der Waals surface area contributed by atoms with Crippen LogP contribution in [0, 0.1) is 0 Å². The SMILES string of the molecule is O=C(NC1CC2CCC(C1)N2)c1cccc(Oc2ccncc2)c1. The predicted molar refractivity (Wildman–Crippen MR) is 91.2 cm³/mol. The van der Waals surface area contributed by atoms with E-state index in [9.17, 15) is 4.79 Å². The van der Waals surface area contributed by atoms with E-state index in [-0.39, 0.29) is 11.9 Å². The largest absolute Gasteiger partial charge is 0.457 e. The fourth-order valence-electron chi connectivity index (χ4n) is 3.69. The highest BCUT2D eigenvalue weighted by Gasteiger charge is 2.34. The van der Waals surface area contributed by atoms with Gasteiger partial charge in [-0.15, -0.1) is 0 Å². The minimum absolute atomic E-state index is 0.0264. The van der Waals surface area contributed by atoms with Gasteiger partial charge in [-0.05, 0) is 56.0 Å². The molecular weight excluding hydrogens is 302 g/mol. The predicted octanol–water partition coefficient (Wildman–Crippen LogP) is 2.89. The Labute approximate surface area is 141 Å². The first-order chi connectivity index (χ1) is 11.8. The quantitative estimate of drug-likeness (QED) is 0.908. The molecule has 0 spiro atoms. The second-order valence-electron chi connectivity index (χ2n) is 6.59. The van der Waals surface area contributed by atoms with Crippen molar-refractivity contribution in [2.45, 2.75) is 43.8 Å². The number of ether oxygens (including phenoxy) is 1. The van der Waals surface area contributed by atoms with Crippen molar-refractivity contribution in [2.75, 3.05) is 0 Å². The molecule has 0 aliphatic carbocycles. The molecule has 2 aromatic rings. The molecule has 2 fully saturated rings. The van der Waals surface area contributed by atoms with Crippen molar-refractivity contribution in [1.82, 2.24) is 15.6 Å². The molecule has 5 nitrogen and oxygen atoms in total. The van der Waals surface area contributed by atoms with Gasteiger partial charge in [0.05, 0.1) is 0 Å². The van der Waals surface area contributed by atoms with E-state index in [4.69, 9.17) is 4.74 Å². The molecule has 1 amide bonds. The Hall–Kier alpha value is -2.40. The van der Waals surface area contributed by atoms with Crippen LogP contribution >= 0.6 is 0 Å². The van der Waals surface area contributed by atoms with Crippen LogP contribution in [0.25, 0.3) is 0 Å². The molecule has 2 unspecified atom stereocenters. The Morgan fingerprint density at radius 1 is 1.08 bits per heavy atom. The molecule has 2 aliphatic rings. The highest BCUT2D eigenvalue weighted by molar-refractivity contribution is 5.94. The van der Waals surface area contributed by atoms with Crippen LogP contribution in [0.2, 0.25) is 0 Å². The number of fused-ring (bicyclic) bond motifs is 2. The summed E-state index contributed by atoms with van der Waals surface area (Å²) in [6.07, 6.45) is 7.86. The van der Waals surface area contributed by atoms with E-state index >= 15 is 0 Å². The first kappa shape index (κ1) is 15.1. The molecule has 1 aromatic heterocycles. The van der Waals surface area contributed by atoms with Gasteiger partial charge >= 0.3 is 0 Å². The van der Waals surface area contributed by atoms with Gasteiger partial charge in [0.25, 0.3) is 5.91 Å². The molecule has 2 N–H and O–H groups in total. The van der Waals surface area contributed by atoms with Crippen LogP contribution in [0.1, 0.15) is 36.0 Å². The Morgan fingerprint density at radius 2 is 1.83 bits per heavy atom. The van der Waals surface area contributed by atoms with Gasteiger partial charge in [-0.25, -0.2) is 0 Å². The second kappa shape index (κ2) is 6.61. The summed E-state index contributed by atoms with van der Waals surface area (Å²) in [7, 11) is 0. The van der Waals surface area contributed by atoms with E-state index < -0.39 is 0 Å². The van der Waals surface area contributed by atoms with E-state index in [1.54, 1.807) is 30.6 Å². The number of rotatable bonds is 4. The topological polar surface area (TPSA) is 63.2 Å². The zero-order valence-corrected chi connectivity index (χ0v) is 13.4. The normalized spacial score (nSPS) is 25.2. The van der Waals surface area contributed by atoms with E-state index in [2.05, 4.69) is 15.6 Å². The van der Waals surface area contributed by atoms with Crippen molar-refractivity contribution in [3.63, 3.8) is 0 Å². The monoisotopic (exact) mass is 323 g/mol. The Bertz CT molecular complexity index is 708. The Balaban J connectivity index is 1.42. The lowest BCUT2D eigenvalue weighted by Gasteiger charge is -2.29. The fraction of sp³-hybridized carbons (Fsp3) is 0.368. The fourth-order valence-corrected chi connectivity index (χ4v) is 3.69. The third-order valence-corrected chi connectivity index (χ3v) is 4.79. The van der Waals surface area contributed by atoms with E-state index in [0.29, 0.717) is 29.1 Å². The summed E-state index contributed by atoms with van der Waals surface area (Å²) in [5, 5.41) is 6.78. The Kier molecular flexibility index (Phi) is 4.17. The van der Waals surface area contributed by atoms with Gasteiger partial charge < -0.3 is 15.4 Å². The van der Waals surface area contributed by atoms with Crippen LogP contribution in [0.4, 0.5) is 0 Å². The van der Waals surface area contributed by atoms with Crippen LogP contribution in [0.15, 0.2) is 48.8 Å². The standard InChI is InChI=1S/C19H21N3O2/c23-19(22-16-11-14-4-5-15(12-16)21-14)13-2-1-3-18(10-13)24-17-6-8-20-9-7-17/h1-3,6-10,14-16,21H,4-5,11-12H2,(H,22,23). The minimum Gasteiger partial charge on any atom is -0.457 e. The number of carbonyl (C=O) groups is 1. The molecule has 1 aromatic carbocycles. The van der Waals surface area contributed by atoms with Crippen molar-refractivity contribution < 1.29 is 9.53 Å². The summed E-state index contributed by atoms with van der Waals surface area (Å²) >= 11 is 0. The highest BCUT2D eigenvalue weighted by atomic mass is 16.5. The number of amides is 1. The maximum Gasteiger partial charge on any atom is 0.251 e. The molecule has 4 rings (SSSR count). The van der Waals surface area contributed by atoms with E-state index in [1.807, 2.05) is 18.2 Å². The Morgan fingerprint density at radius 3 is 2.58 bits per heavy atom. The number of nitrogens with one attached hydrogen (secondary N) is 2. The zero-order chi connectivity index (χ0) is 16.4. The van der Waals surface area contributed by atoms with Crippen LogP contribution in [-0.4, -0.2) is 29.0 Å². The molecule has 0 radical (unpaired) electrons. The lowest BCUT2D eigenvalue weighted by molar-refractivity contribution is 0.0923. The molecular formula is C19H21N3O2. The van der Waals surface area contributed by atoms with Gasteiger partial charge in [0.2, 0.25) is 0 Å². The van der Waals surface area contributed by atoms with Gasteiger partial charge in [-0.2, -0.15) is 0 Å². The van der Waals surface area contributed by atoms with E-state index in [1.165, 1.54) is 12.8 Å². The van der Waals surface area contributed by atoms with Crippen LogP contribution in [0.5, 0.6) is 11.5 Å². The molecule has 2 atom stereocenters. The van der Waals surface area contributed by atoms with Gasteiger partial charge in [-0.3, -0.25) is 9.78 Å². The third kappa shape index (κ3) is 3.41. The van der Waals surface area contributed by atoms with Crippen molar-refractivity contribution in [1.29, 1.82) is 0 Å². The number of aromatic nitrogens is 1. The molecule has 5 heteroatoms. The van der Waals surface area contributed by atoms with Crippen molar-refractivity contribution >= 4 is 5.91 Å². The summed E-state index contributed by atoms with van der Waals surface area (Å²) < 4.78 is 5.77. The van der Waals surface area contributed by atoms with E-state index in [0.717, 1.165) is 12.8 Å². The van der Waals surface area contributed by atoms with Gasteiger partial charge in [0, 0.05) is 36.1 Å². The summed E-state index contributed by atoms with van der Waals surface area (Å²) in [6.45, 7) is 0. The number of hydrogen-bond acceptors (Lipinski definition) is 4. The number of hydrogen-bond donors (Lipinski definition) is 2. The van der Waals surface area contributed by atoms with Crippen molar-refractivity contribution in [3.05, 3.63) is 54.4 Å². The molecule has 0 saturated carbocycles. The number of nitrogens with zero attached hydrogens (tertiary/aromatic N) is 1. The van der Waals surface area contributed by atoms with Crippen LogP contribution < -0.4 is 15.4 Å². The highest BCUT2D eigenvalue weighted by Crippen LogP contribution is 2.27. The molecule has 2 saturated heterocycles. The van der Waals surface area contributed by atoms with Gasteiger partial charge in [-0.1, -0.05) is 6.07 Å². The van der Waals surface area contributed by atoms with Crippen molar-refractivity contribution in [3.8, 4) is 11.5 Å². The summed E-state index contributed by atoms with van der Waals surface area (Å²) in [5.74, 6) is 1.33. The lowest BCUT2D eigenvalue weighted by Crippen LogP contribution is -2.48. The number of benzene rings is 1. The maximum atomic E-state index is 12.6. The first-order valence-corrected chi connectivity index (χ1v) is 8.51. The summed E-state index contributed by atoms with van der Waals surface area (Å²) in [6, 6.07) is 12.3. The summed E-state index contributed by atoms with van der Waals surface area (Å²) in [4.78, 5) is 16.5. The second-order valence-corrected chi connectivity index (χ2v) is 6.59. The van der Waals surface area contributed by atoms with Crippen LogP contribution in [0.3, 0.4) is 0 Å².